The van der Waals surface area contributed by atoms with Crippen LogP contribution in [0, 0.1) is 6.92 Å². The van der Waals surface area contributed by atoms with Gasteiger partial charge in [0.15, 0.2) is 0 Å². The minimum atomic E-state index is 0.0178. The van der Waals surface area contributed by atoms with Gasteiger partial charge < -0.3 is 15.6 Å². The topological polar surface area (TPSA) is 104 Å². The zero-order valence-electron chi connectivity index (χ0n) is 21.0. The second-order valence-corrected chi connectivity index (χ2v) is 9.81. The molecule has 0 atom stereocenters. The number of nitrogen functional groups attached to an aromatic ring is 1. The van der Waals surface area contributed by atoms with Crippen LogP contribution in [0.25, 0.3) is 32.9 Å². The van der Waals surface area contributed by atoms with Crippen molar-refractivity contribution in [2.24, 2.45) is 7.05 Å². The van der Waals surface area contributed by atoms with E-state index >= 15 is 0 Å². The summed E-state index contributed by atoms with van der Waals surface area (Å²) in [5, 5.41) is 10.1. The number of anilines is 1. The molecule has 36 heavy (non-hydrogen) atoms. The van der Waals surface area contributed by atoms with Crippen LogP contribution in [-0.4, -0.2) is 30.2 Å². The third kappa shape index (κ3) is 3.28. The van der Waals surface area contributed by atoms with Gasteiger partial charge in [0, 0.05) is 71.3 Å². The number of benzene rings is 2. The zero-order chi connectivity index (χ0) is 25.1. The Morgan fingerprint density at radius 1 is 1.08 bits per heavy atom. The number of aryl methyl sites for hydroxylation is 4. The Morgan fingerprint density at radius 3 is 2.56 bits per heavy atom. The first-order valence-electron chi connectivity index (χ1n) is 12.3. The molecule has 1 amide bonds. The number of amides is 1. The summed E-state index contributed by atoms with van der Waals surface area (Å²) in [7, 11) is 1.95. The first kappa shape index (κ1) is 22.3. The normalized spacial score (nSPS) is 13.9. The fourth-order valence-electron chi connectivity index (χ4n) is 5.79. The molecule has 5 aromatic rings. The number of nitrogens with two attached hydrogens (primary N) is 1. The van der Waals surface area contributed by atoms with Gasteiger partial charge in [-0.05, 0) is 69.0 Å². The van der Waals surface area contributed by atoms with Crippen LogP contribution in [0.2, 0.25) is 0 Å². The zero-order valence-corrected chi connectivity index (χ0v) is 21.0. The highest BCUT2D eigenvalue weighted by Gasteiger charge is 2.35. The first-order chi connectivity index (χ1) is 17.3. The smallest absolute Gasteiger partial charge is 0.252 e. The number of aromatic nitrogens is 5. The highest BCUT2D eigenvalue weighted by Crippen LogP contribution is 2.47. The number of hydrogen-bond acceptors (Lipinski definition) is 5. The van der Waals surface area contributed by atoms with Crippen LogP contribution >= 0.6 is 0 Å². The molecule has 7 rings (SSSR count). The molecule has 0 spiro atoms. The average molecular weight is 480 g/mol. The number of carbonyl (C=O) groups is 1. The Bertz CT molecular complexity index is 1660. The predicted octanol–water partition coefficient (Wildman–Crippen LogP) is 4.49. The van der Waals surface area contributed by atoms with Crippen molar-refractivity contribution in [3.05, 3.63) is 71.1 Å². The second kappa shape index (κ2) is 8.19. The largest absolute Gasteiger partial charge is 0.399 e. The highest BCUT2D eigenvalue weighted by molar-refractivity contribution is 6.19. The first-order valence-corrected chi connectivity index (χ1v) is 12.3. The van der Waals surface area contributed by atoms with Gasteiger partial charge in [0.05, 0.1) is 16.8 Å². The van der Waals surface area contributed by atoms with E-state index in [2.05, 4.69) is 57.1 Å². The molecule has 0 saturated carbocycles. The summed E-state index contributed by atoms with van der Waals surface area (Å²) in [6, 6.07) is 8.24. The number of nitrogens with one attached hydrogen (secondary N) is 1. The minimum absolute atomic E-state index is 0.0178. The molecule has 2 aromatic carbocycles. The minimum Gasteiger partial charge on any atom is -0.399 e. The van der Waals surface area contributed by atoms with E-state index in [1.807, 2.05) is 24.7 Å². The molecular weight excluding hydrogens is 450 g/mol. The number of fused-ring (bicyclic) bond motifs is 10. The maximum atomic E-state index is 13.0. The van der Waals surface area contributed by atoms with Crippen molar-refractivity contribution in [1.82, 2.24) is 29.6 Å². The maximum Gasteiger partial charge on any atom is 0.252 e. The van der Waals surface area contributed by atoms with Crippen molar-refractivity contribution >= 4 is 33.4 Å². The predicted molar refractivity (Wildman–Crippen MR) is 142 cm³/mol. The van der Waals surface area contributed by atoms with E-state index in [1.165, 1.54) is 22.0 Å². The van der Waals surface area contributed by atoms with Gasteiger partial charge in [-0.15, -0.1) is 0 Å². The van der Waals surface area contributed by atoms with Crippen LogP contribution in [0.5, 0.6) is 0 Å². The molecule has 0 radical (unpaired) electrons. The highest BCUT2D eigenvalue weighted by atomic mass is 16.1. The lowest BCUT2D eigenvalue weighted by molar-refractivity contribution is 0.0966. The monoisotopic (exact) mass is 479 g/mol. The summed E-state index contributed by atoms with van der Waals surface area (Å²) in [5.74, 6) is 0.840. The van der Waals surface area contributed by atoms with Crippen molar-refractivity contribution in [2.75, 3.05) is 5.73 Å². The van der Waals surface area contributed by atoms with Gasteiger partial charge in [0.2, 0.25) is 0 Å². The molecule has 1 aliphatic heterocycles. The van der Waals surface area contributed by atoms with E-state index < -0.39 is 0 Å². The summed E-state index contributed by atoms with van der Waals surface area (Å²) in [4.78, 5) is 20.7. The van der Waals surface area contributed by atoms with Crippen LogP contribution < -0.4 is 11.1 Å². The fraction of sp³-hybridized carbons (Fsp3) is 0.286. The van der Waals surface area contributed by atoms with Gasteiger partial charge in [0.1, 0.15) is 5.82 Å². The molecule has 0 saturated heterocycles. The van der Waals surface area contributed by atoms with E-state index in [9.17, 15) is 4.79 Å². The van der Waals surface area contributed by atoms with Gasteiger partial charge in [-0.2, -0.15) is 5.10 Å². The maximum absolute atomic E-state index is 13.0. The average Bonchev–Trinajstić information content (AvgIpc) is 3.52. The number of nitrogens with zero attached hydrogens (tertiary/aromatic N) is 5. The third-order valence-corrected chi connectivity index (χ3v) is 7.12. The summed E-state index contributed by atoms with van der Waals surface area (Å²) < 4.78 is 4.29. The molecule has 3 aromatic heterocycles. The Labute approximate surface area is 209 Å². The van der Waals surface area contributed by atoms with Crippen molar-refractivity contribution in [3.8, 4) is 11.1 Å². The molecule has 1 aliphatic carbocycles. The van der Waals surface area contributed by atoms with Gasteiger partial charge >= 0.3 is 0 Å². The third-order valence-electron chi connectivity index (χ3n) is 7.12. The summed E-state index contributed by atoms with van der Waals surface area (Å²) in [5.41, 5.74) is 15.8. The summed E-state index contributed by atoms with van der Waals surface area (Å²) >= 11 is 0. The van der Waals surface area contributed by atoms with E-state index in [0.29, 0.717) is 12.6 Å². The number of rotatable bonds is 1. The molecule has 2 aliphatic rings. The molecule has 182 valence electrons. The molecule has 3 N–H and O–H groups in total. The number of carbonyl (C=O) groups excluding carboxylic acids is 1. The Morgan fingerprint density at radius 2 is 1.86 bits per heavy atom. The van der Waals surface area contributed by atoms with Crippen LogP contribution in [0.4, 0.5) is 5.69 Å². The lowest BCUT2D eigenvalue weighted by atomic mass is 9.82. The van der Waals surface area contributed by atoms with E-state index in [-0.39, 0.29) is 5.91 Å². The van der Waals surface area contributed by atoms with Crippen LogP contribution in [0.15, 0.2) is 42.9 Å². The van der Waals surface area contributed by atoms with Crippen molar-refractivity contribution in [1.29, 1.82) is 0 Å². The summed E-state index contributed by atoms with van der Waals surface area (Å²) in [6.45, 7) is 6.85. The van der Waals surface area contributed by atoms with Crippen molar-refractivity contribution in [2.45, 2.75) is 46.2 Å². The Balaban J connectivity index is 0.000000299. The quantitative estimate of drug-likeness (QED) is 0.345. The second-order valence-electron chi connectivity index (χ2n) is 9.81. The van der Waals surface area contributed by atoms with Gasteiger partial charge in [0.25, 0.3) is 5.91 Å². The Kier molecular flexibility index (Phi) is 5.07. The van der Waals surface area contributed by atoms with Crippen LogP contribution in [0.1, 0.15) is 52.9 Å². The van der Waals surface area contributed by atoms with E-state index in [0.717, 1.165) is 57.7 Å². The standard InChI is InChI=1S/C23H23N5O.C5H6N2/c1-11(2)28-18-7-4-12(24)8-14(18)20-15-9-25-23(29)21(15)19-13(22(20)28)5-6-17-16(19)10-27(3)26-17;1-5-6-3-2-4-7-5/h4,7-8,10-11H,5-6,9,24H2,1-3H3,(H,25,29);2-4H,1H3. The molecule has 4 heterocycles. The van der Waals surface area contributed by atoms with Crippen LogP contribution in [-0.2, 0) is 26.4 Å². The Hall–Kier alpha value is -4.20. The fourth-order valence-corrected chi connectivity index (χ4v) is 5.79. The molecular formula is C28H29N7O. The van der Waals surface area contributed by atoms with E-state index in [4.69, 9.17) is 5.73 Å². The van der Waals surface area contributed by atoms with Crippen molar-refractivity contribution < 1.29 is 4.79 Å². The van der Waals surface area contributed by atoms with Crippen molar-refractivity contribution in [3.63, 3.8) is 0 Å². The molecule has 8 heteroatoms. The van der Waals surface area contributed by atoms with E-state index in [1.54, 1.807) is 18.5 Å². The van der Waals surface area contributed by atoms with Crippen LogP contribution in [0.3, 0.4) is 0 Å². The van der Waals surface area contributed by atoms with Gasteiger partial charge in [-0.3, -0.25) is 9.48 Å². The SMILES string of the molecule is CC(C)n1c2ccc(N)cc2c2c3c(c4c(c21)CCc1nn(C)cc1-4)C(=O)NC3.Cc1ncccn1. The molecule has 8 nitrogen and oxygen atoms in total. The van der Waals surface area contributed by atoms with Gasteiger partial charge in [-0.1, -0.05) is 0 Å². The lowest BCUT2D eigenvalue weighted by Crippen LogP contribution is -2.15. The summed E-state index contributed by atoms with van der Waals surface area (Å²) in [6.07, 6.45) is 7.28. The lowest BCUT2D eigenvalue weighted by Gasteiger charge is -2.22. The molecule has 0 unspecified atom stereocenters. The number of hydrogen-bond donors (Lipinski definition) is 2. The van der Waals surface area contributed by atoms with Gasteiger partial charge in [-0.25, -0.2) is 9.97 Å². The molecule has 0 fully saturated rings. The molecule has 0 bridgehead atoms.